The molecule has 2 nitrogen and oxygen atoms in total. The SMILES string of the molecule is Cc1cc(C(C)(C)C)cc(C)c1C(=O)CC(C)N. The monoisotopic (exact) mass is 247 g/mol. The number of ketones is 1. The van der Waals surface area contributed by atoms with Gasteiger partial charge in [0, 0.05) is 18.0 Å². The first-order chi connectivity index (χ1) is 8.12. The van der Waals surface area contributed by atoms with Crippen LogP contribution < -0.4 is 5.73 Å². The predicted octanol–water partition coefficient (Wildman–Crippen LogP) is 3.52. The van der Waals surface area contributed by atoms with E-state index in [1.807, 2.05) is 20.8 Å². The van der Waals surface area contributed by atoms with Crippen LogP contribution in [-0.4, -0.2) is 11.8 Å². The van der Waals surface area contributed by atoms with Crippen LogP contribution in [0.15, 0.2) is 12.1 Å². The van der Waals surface area contributed by atoms with Crippen molar-refractivity contribution in [3.05, 3.63) is 34.4 Å². The van der Waals surface area contributed by atoms with Gasteiger partial charge in [-0.2, -0.15) is 0 Å². The van der Waals surface area contributed by atoms with E-state index in [1.54, 1.807) is 0 Å². The molecule has 0 fully saturated rings. The second-order valence-electron chi connectivity index (χ2n) is 6.34. The Kier molecular flexibility index (Phi) is 4.33. The lowest BCUT2D eigenvalue weighted by molar-refractivity contribution is 0.0975. The molecule has 18 heavy (non-hydrogen) atoms. The summed E-state index contributed by atoms with van der Waals surface area (Å²) < 4.78 is 0. The fraction of sp³-hybridized carbons (Fsp3) is 0.562. The molecule has 1 atom stereocenters. The van der Waals surface area contributed by atoms with Gasteiger partial charge < -0.3 is 5.73 Å². The second kappa shape index (κ2) is 5.23. The number of benzene rings is 1. The minimum atomic E-state index is -0.0846. The third-order valence-corrected chi connectivity index (χ3v) is 3.18. The highest BCUT2D eigenvalue weighted by atomic mass is 16.1. The van der Waals surface area contributed by atoms with Crippen LogP contribution in [0.5, 0.6) is 0 Å². The van der Waals surface area contributed by atoms with Crippen LogP contribution >= 0.6 is 0 Å². The molecule has 0 amide bonds. The maximum Gasteiger partial charge on any atom is 0.164 e. The van der Waals surface area contributed by atoms with E-state index in [1.165, 1.54) is 5.56 Å². The first-order valence-electron chi connectivity index (χ1n) is 6.53. The number of rotatable bonds is 3. The fourth-order valence-electron chi connectivity index (χ4n) is 2.23. The third-order valence-electron chi connectivity index (χ3n) is 3.18. The molecule has 0 saturated carbocycles. The van der Waals surface area contributed by atoms with E-state index in [-0.39, 0.29) is 17.2 Å². The number of nitrogens with two attached hydrogens (primary N) is 1. The van der Waals surface area contributed by atoms with Crippen molar-refractivity contribution < 1.29 is 4.79 Å². The number of carbonyl (C=O) groups is 1. The Balaban J connectivity index is 3.21. The molecule has 0 heterocycles. The van der Waals surface area contributed by atoms with Gasteiger partial charge in [0.25, 0.3) is 0 Å². The summed E-state index contributed by atoms with van der Waals surface area (Å²) in [5.41, 5.74) is 10.1. The summed E-state index contributed by atoms with van der Waals surface area (Å²) in [5.74, 6) is 0.153. The zero-order valence-corrected chi connectivity index (χ0v) is 12.4. The van der Waals surface area contributed by atoms with Gasteiger partial charge in [0.1, 0.15) is 0 Å². The Labute approximate surface area is 111 Å². The first kappa shape index (κ1) is 14.9. The van der Waals surface area contributed by atoms with E-state index < -0.39 is 0 Å². The summed E-state index contributed by atoms with van der Waals surface area (Å²) >= 11 is 0. The Morgan fingerprint density at radius 2 is 1.67 bits per heavy atom. The molecule has 1 unspecified atom stereocenters. The lowest BCUT2D eigenvalue weighted by Crippen LogP contribution is -2.21. The summed E-state index contributed by atoms with van der Waals surface area (Å²) in [6.07, 6.45) is 0.413. The van der Waals surface area contributed by atoms with Gasteiger partial charge in [-0.05, 0) is 42.9 Å². The van der Waals surface area contributed by atoms with Crippen molar-refractivity contribution in [2.24, 2.45) is 5.73 Å². The highest BCUT2D eigenvalue weighted by molar-refractivity contribution is 5.99. The van der Waals surface area contributed by atoms with Crippen molar-refractivity contribution in [3.8, 4) is 0 Å². The molecule has 0 saturated heterocycles. The summed E-state index contributed by atoms with van der Waals surface area (Å²) in [6, 6.07) is 4.17. The average Bonchev–Trinajstić information content (AvgIpc) is 2.13. The fourth-order valence-corrected chi connectivity index (χ4v) is 2.23. The molecule has 0 spiro atoms. The molecule has 1 rings (SSSR count). The molecule has 0 radical (unpaired) electrons. The van der Waals surface area contributed by atoms with Gasteiger partial charge in [-0.3, -0.25) is 4.79 Å². The van der Waals surface area contributed by atoms with E-state index in [2.05, 4.69) is 32.9 Å². The van der Waals surface area contributed by atoms with Crippen molar-refractivity contribution >= 4 is 5.78 Å². The predicted molar refractivity (Wildman–Crippen MR) is 77.2 cm³/mol. The summed E-state index contributed by atoms with van der Waals surface area (Å²) in [5, 5.41) is 0. The smallest absolute Gasteiger partial charge is 0.164 e. The normalized spacial score (nSPS) is 13.5. The quantitative estimate of drug-likeness (QED) is 0.830. The van der Waals surface area contributed by atoms with E-state index >= 15 is 0 Å². The highest BCUT2D eigenvalue weighted by Gasteiger charge is 2.19. The molecule has 1 aromatic carbocycles. The van der Waals surface area contributed by atoms with Gasteiger partial charge in [-0.25, -0.2) is 0 Å². The zero-order valence-electron chi connectivity index (χ0n) is 12.4. The van der Waals surface area contributed by atoms with E-state index in [0.717, 1.165) is 16.7 Å². The Morgan fingerprint density at radius 1 is 1.22 bits per heavy atom. The second-order valence-corrected chi connectivity index (χ2v) is 6.34. The largest absolute Gasteiger partial charge is 0.328 e. The number of aryl methyl sites for hydroxylation is 2. The third kappa shape index (κ3) is 3.42. The highest BCUT2D eigenvalue weighted by Crippen LogP contribution is 2.27. The Hall–Kier alpha value is -1.15. The van der Waals surface area contributed by atoms with Crippen LogP contribution in [-0.2, 0) is 5.41 Å². The van der Waals surface area contributed by atoms with E-state index in [4.69, 9.17) is 5.73 Å². The van der Waals surface area contributed by atoms with Crippen molar-refractivity contribution in [2.75, 3.05) is 0 Å². The molecule has 0 bridgehead atoms. The van der Waals surface area contributed by atoms with E-state index in [9.17, 15) is 4.79 Å². The van der Waals surface area contributed by atoms with Crippen LogP contribution in [0.1, 0.15) is 61.2 Å². The Bertz CT molecular complexity index is 430. The van der Waals surface area contributed by atoms with Crippen molar-refractivity contribution in [1.29, 1.82) is 0 Å². The summed E-state index contributed by atoms with van der Waals surface area (Å²) in [4.78, 5) is 12.2. The number of hydrogen-bond donors (Lipinski definition) is 1. The molecule has 0 aliphatic rings. The molecule has 1 aromatic rings. The molecule has 2 N–H and O–H groups in total. The molecular formula is C16H25NO. The number of hydrogen-bond acceptors (Lipinski definition) is 2. The maximum absolute atomic E-state index is 12.2. The summed E-state index contributed by atoms with van der Waals surface area (Å²) in [7, 11) is 0. The van der Waals surface area contributed by atoms with Crippen LogP contribution in [0.25, 0.3) is 0 Å². The van der Waals surface area contributed by atoms with Crippen molar-refractivity contribution in [3.63, 3.8) is 0 Å². The molecule has 0 aliphatic carbocycles. The topological polar surface area (TPSA) is 43.1 Å². The number of carbonyl (C=O) groups excluding carboxylic acids is 1. The average molecular weight is 247 g/mol. The minimum Gasteiger partial charge on any atom is -0.328 e. The van der Waals surface area contributed by atoms with Crippen LogP contribution in [0, 0.1) is 13.8 Å². The van der Waals surface area contributed by atoms with Gasteiger partial charge >= 0.3 is 0 Å². The van der Waals surface area contributed by atoms with E-state index in [0.29, 0.717) is 6.42 Å². The summed E-state index contributed by atoms with van der Waals surface area (Å²) in [6.45, 7) is 12.4. The molecule has 100 valence electrons. The Morgan fingerprint density at radius 3 is 2.00 bits per heavy atom. The van der Waals surface area contributed by atoms with Crippen LogP contribution in [0.2, 0.25) is 0 Å². The number of Topliss-reactive ketones (excluding diaryl/α,β-unsaturated/α-hetero) is 1. The molecular weight excluding hydrogens is 222 g/mol. The van der Waals surface area contributed by atoms with Crippen LogP contribution in [0.3, 0.4) is 0 Å². The minimum absolute atomic E-state index is 0.0846. The van der Waals surface area contributed by atoms with Crippen molar-refractivity contribution in [1.82, 2.24) is 0 Å². The lowest BCUT2D eigenvalue weighted by atomic mass is 9.83. The van der Waals surface area contributed by atoms with Crippen molar-refractivity contribution in [2.45, 2.75) is 59.4 Å². The molecule has 0 aromatic heterocycles. The van der Waals surface area contributed by atoms with Gasteiger partial charge in [0.05, 0.1) is 0 Å². The van der Waals surface area contributed by atoms with Gasteiger partial charge in [0.15, 0.2) is 5.78 Å². The molecule has 0 aliphatic heterocycles. The first-order valence-corrected chi connectivity index (χ1v) is 6.53. The van der Waals surface area contributed by atoms with Gasteiger partial charge in [-0.1, -0.05) is 32.9 Å². The maximum atomic E-state index is 12.2. The molecule has 2 heteroatoms. The van der Waals surface area contributed by atoms with Gasteiger partial charge in [0.2, 0.25) is 0 Å². The zero-order chi connectivity index (χ0) is 14.1. The standard InChI is InChI=1S/C16H25NO/c1-10-7-13(16(4,5)6)8-11(2)15(10)14(18)9-12(3)17/h7-8,12H,9,17H2,1-6H3. The lowest BCUT2D eigenvalue weighted by Gasteiger charge is -2.22. The van der Waals surface area contributed by atoms with Crippen LogP contribution in [0.4, 0.5) is 0 Å². The van der Waals surface area contributed by atoms with Gasteiger partial charge in [-0.15, -0.1) is 0 Å².